The van der Waals surface area contributed by atoms with Crippen LogP contribution in [0.3, 0.4) is 0 Å². The molecule has 1 aromatic carbocycles. The summed E-state index contributed by atoms with van der Waals surface area (Å²) in [4.78, 5) is 24.4. The Kier molecular flexibility index (Phi) is 4.26. The number of β-lactam (4-membered cyclic amide) rings is 1. The summed E-state index contributed by atoms with van der Waals surface area (Å²) in [6.45, 7) is 2.43. The van der Waals surface area contributed by atoms with E-state index < -0.39 is 53.9 Å². The third-order valence-electron chi connectivity index (χ3n) is 4.71. The number of carbonyl (C=O) groups is 2. The fourth-order valence-corrected chi connectivity index (χ4v) is 7.03. The Morgan fingerprint density at radius 3 is 2.31 bits per heavy atom. The minimum atomic E-state index is -4.16. The summed E-state index contributed by atoms with van der Waals surface area (Å²) in [5, 5.41) is 7.80. The van der Waals surface area contributed by atoms with Crippen molar-refractivity contribution in [2.75, 3.05) is 0 Å². The lowest BCUT2D eigenvalue weighted by atomic mass is 9.96. The zero-order chi connectivity index (χ0) is 19.7. The van der Waals surface area contributed by atoms with Gasteiger partial charge >= 0.3 is 5.97 Å². The number of carboxylic acids is 1. The van der Waals surface area contributed by atoms with E-state index in [0.29, 0.717) is 4.47 Å². The second-order valence-electron chi connectivity index (χ2n) is 6.58. The fourth-order valence-electron chi connectivity index (χ4n) is 3.26. The first-order valence-electron chi connectivity index (χ1n) is 7.38. The summed E-state index contributed by atoms with van der Waals surface area (Å²) in [5.41, 5.74) is 0. The summed E-state index contributed by atoms with van der Waals surface area (Å²) in [7, 11) is -8.28. The average molecular weight is 467 g/mol. The van der Waals surface area contributed by atoms with Crippen LogP contribution in [0.5, 0.6) is 0 Å². The molecule has 0 bridgehead atoms. The maximum Gasteiger partial charge on any atom is 0.328 e. The van der Waals surface area contributed by atoms with Crippen molar-refractivity contribution >= 4 is 47.7 Å². The van der Waals surface area contributed by atoms with E-state index in [-0.39, 0.29) is 4.90 Å². The Balaban J connectivity index is 1.96. The molecule has 0 radical (unpaired) electrons. The van der Waals surface area contributed by atoms with Crippen LogP contribution in [0.25, 0.3) is 0 Å². The summed E-state index contributed by atoms with van der Waals surface area (Å²) in [5.74, 6) is -2.33. The number of nitrogens with one attached hydrogen (secondary N) is 1. The summed E-state index contributed by atoms with van der Waals surface area (Å²) >= 11 is 3.17. The number of aliphatic carboxylic acids is 1. The molecule has 12 heteroatoms. The number of hydrogen-bond donors (Lipinski definition) is 2. The minimum absolute atomic E-state index is 0.142. The highest BCUT2D eigenvalue weighted by atomic mass is 79.9. The molecule has 2 aliphatic heterocycles. The van der Waals surface area contributed by atoms with Gasteiger partial charge < -0.3 is 10.0 Å². The lowest BCUT2D eigenvalue weighted by Crippen LogP contribution is -2.71. The lowest BCUT2D eigenvalue weighted by molar-refractivity contribution is -0.159. The van der Waals surface area contributed by atoms with Crippen molar-refractivity contribution < 1.29 is 31.5 Å². The van der Waals surface area contributed by atoms with Crippen LogP contribution in [0.2, 0.25) is 0 Å². The van der Waals surface area contributed by atoms with Gasteiger partial charge in [0.2, 0.25) is 15.9 Å². The molecule has 0 saturated carbocycles. The molecule has 0 spiro atoms. The number of fused-ring (bicyclic) bond motifs is 1. The highest BCUT2D eigenvalue weighted by molar-refractivity contribution is 9.10. The van der Waals surface area contributed by atoms with E-state index in [1.54, 1.807) is 0 Å². The van der Waals surface area contributed by atoms with Gasteiger partial charge in [-0.2, -0.15) is 4.72 Å². The molecule has 2 aliphatic rings. The number of rotatable bonds is 4. The molecule has 3 rings (SSSR count). The first kappa shape index (κ1) is 19.3. The molecule has 0 aromatic heterocycles. The predicted octanol–water partition coefficient (Wildman–Crippen LogP) is -0.0755. The van der Waals surface area contributed by atoms with Crippen molar-refractivity contribution in [2.45, 2.75) is 40.9 Å². The topological polar surface area (TPSA) is 138 Å². The first-order chi connectivity index (χ1) is 11.8. The molecule has 3 atom stereocenters. The van der Waals surface area contributed by atoms with Crippen molar-refractivity contribution in [1.82, 2.24) is 9.62 Å². The second kappa shape index (κ2) is 5.75. The molecule has 1 aromatic rings. The van der Waals surface area contributed by atoms with Crippen LogP contribution in [0, 0.1) is 0 Å². The van der Waals surface area contributed by atoms with Gasteiger partial charge in [-0.25, -0.2) is 21.6 Å². The number of carbonyl (C=O) groups excluding carboxylic acids is 1. The van der Waals surface area contributed by atoms with Gasteiger partial charge in [0.25, 0.3) is 0 Å². The number of hydrogen-bond acceptors (Lipinski definition) is 6. The Bertz CT molecular complexity index is 1000. The molecule has 0 unspecified atom stereocenters. The number of nitrogens with zero attached hydrogens (tertiary/aromatic N) is 1. The Morgan fingerprint density at radius 1 is 1.27 bits per heavy atom. The minimum Gasteiger partial charge on any atom is -0.480 e. The number of sulfonamides is 1. The molecule has 2 heterocycles. The van der Waals surface area contributed by atoms with Crippen LogP contribution in [-0.4, -0.2) is 60.9 Å². The van der Waals surface area contributed by atoms with Crippen molar-refractivity contribution in [3.8, 4) is 0 Å². The highest BCUT2D eigenvalue weighted by Crippen LogP contribution is 2.46. The Morgan fingerprint density at radius 2 is 1.81 bits per heavy atom. The van der Waals surface area contributed by atoms with Crippen molar-refractivity contribution in [2.24, 2.45) is 0 Å². The van der Waals surface area contributed by atoms with Crippen molar-refractivity contribution in [1.29, 1.82) is 0 Å². The largest absolute Gasteiger partial charge is 0.480 e. The van der Waals surface area contributed by atoms with Gasteiger partial charge in [-0.15, -0.1) is 0 Å². The van der Waals surface area contributed by atoms with Gasteiger partial charge in [0.1, 0.15) is 16.8 Å². The third-order valence-corrected chi connectivity index (χ3v) is 9.52. The van der Waals surface area contributed by atoms with Gasteiger partial charge in [-0.1, -0.05) is 15.9 Å². The Hall–Kier alpha value is -1.50. The van der Waals surface area contributed by atoms with Crippen LogP contribution in [0.1, 0.15) is 13.8 Å². The molecule has 2 saturated heterocycles. The zero-order valence-electron chi connectivity index (χ0n) is 13.6. The third kappa shape index (κ3) is 2.50. The number of carboxylic acid groups (broad SMARTS) is 1. The van der Waals surface area contributed by atoms with Crippen molar-refractivity contribution in [3.05, 3.63) is 28.7 Å². The van der Waals surface area contributed by atoms with Gasteiger partial charge in [-0.3, -0.25) is 4.79 Å². The van der Waals surface area contributed by atoms with Crippen LogP contribution >= 0.6 is 15.9 Å². The lowest BCUT2D eigenvalue weighted by Gasteiger charge is -2.42. The molecule has 0 aliphatic carbocycles. The van der Waals surface area contributed by atoms with Crippen LogP contribution < -0.4 is 4.72 Å². The smallest absolute Gasteiger partial charge is 0.328 e. The van der Waals surface area contributed by atoms with Crippen LogP contribution in [0.15, 0.2) is 33.6 Å². The number of amides is 1. The number of benzene rings is 1. The number of sulfone groups is 1. The molecular formula is C14H15BrN2O7S2. The molecule has 2 fully saturated rings. The SMILES string of the molecule is CC1(C)[C@H](C(=O)O)N2C(=O)[C@@H](NS(=O)(=O)c3ccc(Br)cc3)[C@H]2S1(=O)=O. The van der Waals surface area contributed by atoms with E-state index in [1.807, 2.05) is 0 Å². The molecule has 9 nitrogen and oxygen atoms in total. The standard InChI is InChI=1S/C14H15BrN2O7S2/c1-14(2)10(13(19)20)17-11(18)9(12(17)25(14,21)22)16-26(23,24)8-5-3-7(15)4-6-8/h3-6,9-10,12,16H,1-2H3,(H,19,20)/t9-,10+,12-/m1/s1. The molecule has 2 N–H and O–H groups in total. The summed E-state index contributed by atoms with van der Waals surface area (Å²) in [6.07, 6.45) is 0. The highest BCUT2D eigenvalue weighted by Gasteiger charge is 2.72. The van der Waals surface area contributed by atoms with E-state index in [4.69, 9.17) is 0 Å². The summed E-state index contributed by atoms with van der Waals surface area (Å²) in [6, 6.07) is 2.43. The first-order valence-corrected chi connectivity index (χ1v) is 11.2. The van der Waals surface area contributed by atoms with E-state index in [2.05, 4.69) is 20.7 Å². The maximum atomic E-state index is 12.7. The quantitative estimate of drug-likeness (QED) is 0.591. The van der Waals surface area contributed by atoms with Gasteiger partial charge in [-0.05, 0) is 38.1 Å². The summed E-state index contributed by atoms with van der Waals surface area (Å²) < 4.78 is 51.4. The molecule has 26 heavy (non-hydrogen) atoms. The van der Waals surface area contributed by atoms with Gasteiger partial charge in [0.05, 0.1) is 4.90 Å². The predicted molar refractivity (Wildman–Crippen MR) is 93.3 cm³/mol. The fraction of sp³-hybridized carbons (Fsp3) is 0.429. The zero-order valence-corrected chi connectivity index (χ0v) is 16.8. The van der Waals surface area contributed by atoms with E-state index >= 15 is 0 Å². The maximum absolute atomic E-state index is 12.7. The normalized spacial score (nSPS) is 29.1. The van der Waals surface area contributed by atoms with Crippen LogP contribution in [-0.2, 0) is 29.4 Å². The molecule has 1 amide bonds. The second-order valence-corrected chi connectivity index (χ2v) is 11.8. The monoisotopic (exact) mass is 466 g/mol. The molecule has 142 valence electrons. The van der Waals surface area contributed by atoms with Crippen molar-refractivity contribution in [3.63, 3.8) is 0 Å². The van der Waals surface area contributed by atoms with Gasteiger partial charge in [0, 0.05) is 4.47 Å². The number of halogens is 1. The Labute approximate surface area is 158 Å². The van der Waals surface area contributed by atoms with Crippen LogP contribution in [0.4, 0.5) is 0 Å². The van der Waals surface area contributed by atoms with E-state index in [1.165, 1.54) is 38.1 Å². The van der Waals surface area contributed by atoms with E-state index in [0.717, 1.165) is 4.90 Å². The van der Waals surface area contributed by atoms with E-state index in [9.17, 15) is 31.5 Å². The average Bonchev–Trinajstić information content (AvgIpc) is 2.66. The molecular weight excluding hydrogens is 452 g/mol. The van der Waals surface area contributed by atoms with Gasteiger partial charge in [0.15, 0.2) is 15.2 Å².